The van der Waals surface area contributed by atoms with Gasteiger partial charge in [-0.1, -0.05) is 6.08 Å². The molecule has 0 aromatic carbocycles. The molecule has 0 aliphatic carbocycles. The van der Waals surface area contributed by atoms with Crippen LogP contribution in [-0.4, -0.2) is 30.0 Å². The van der Waals surface area contributed by atoms with Crippen molar-refractivity contribution in [2.45, 2.75) is 6.42 Å². The molecule has 2 nitrogen and oxygen atoms in total. The molecule has 0 unspecified atom stereocenters. The number of thiazole rings is 1. The lowest BCUT2D eigenvalue weighted by Crippen LogP contribution is -2.23. The Morgan fingerprint density at radius 2 is 2.50 bits per heavy atom. The van der Waals surface area contributed by atoms with Crippen LogP contribution in [-0.2, 0) is 0 Å². The highest BCUT2D eigenvalue weighted by atomic mass is 32.1. The second-order valence-electron chi connectivity index (χ2n) is 3.11. The third-order valence-corrected chi connectivity index (χ3v) is 3.01. The lowest BCUT2D eigenvalue weighted by atomic mass is 10.1. The van der Waals surface area contributed by atoms with Crippen molar-refractivity contribution in [3.63, 3.8) is 0 Å². The Hall–Kier alpha value is -0.670. The zero-order valence-electron chi connectivity index (χ0n) is 7.16. The van der Waals surface area contributed by atoms with E-state index >= 15 is 0 Å². The summed E-state index contributed by atoms with van der Waals surface area (Å²) >= 11 is 1.73. The number of hydrogen-bond donors (Lipinski definition) is 0. The third-order valence-electron chi connectivity index (χ3n) is 2.16. The van der Waals surface area contributed by atoms with Gasteiger partial charge >= 0.3 is 0 Å². The van der Waals surface area contributed by atoms with Gasteiger partial charge in [0.1, 0.15) is 0 Å². The topological polar surface area (TPSA) is 16.1 Å². The highest BCUT2D eigenvalue weighted by molar-refractivity contribution is 7.10. The second-order valence-corrected chi connectivity index (χ2v) is 3.99. The summed E-state index contributed by atoms with van der Waals surface area (Å²) in [6.45, 7) is 2.25. The van der Waals surface area contributed by atoms with Crippen molar-refractivity contribution in [1.82, 2.24) is 9.88 Å². The number of hydrogen-bond acceptors (Lipinski definition) is 3. The molecule has 0 saturated carbocycles. The summed E-state index contributed by atoms with van der Waals surface area (Å²) in [6.07, 6.45) is 5.43. The molecule has 1 aliphatic rings. The minimum Gasteiger partial charge on any atom is -0.302 e. The van der Waals surface area contributed by atoms with Crippen molar-refractivity contribution in [2.24, 2.45) is 0 Å². The van der Waals surface area contributed by atoms with Gasteiger partial charge in [0.15, 0.2) is 0 Å². The number of likely N-dealkylation sites (N-methyl/N-ethyl adjacent to an activating group) is 1. The van der Waals surface area contributed by atoms with Crippen molar-refractivity contribution < 1.29 is 0 Å². The molecule has 1 aliphatic heterocycles. The maximum atomic E-state index is 4.08. The molecule has 64 valence electrons. The molecule has 0 saturated heterocycles. The van der Waals surface area contributed by atoms with Gasteiger partial charge in [0, 0.05) is 24.2 Å². The second kappa shape index (κ2) is 3.37. The third kappa shape index (κ3) is 1.57. The molecule has 1 aromatic rings. The Balaban J connectivity index is 2.16. The van der Waals surface area contributed by atoms with E-state index in [9.17, 15) is 0 Å². The van der Waals surface area contributed by atoms with Gasteiger partial charge in [-0.05, 0) is 19.0 Å². The van der Waals surface area contributed by atoms with E-state index in [2.05, 4.69) is 23.0 Å². The van der Waals surface area contributed by atoms with E-state index in [0.29, 0.717) is 0 Å². The van der Waals surface area contributed by atoms with Crippen molar-refractivity contribution in [2.75, 3.05) is 20.1 Å². The predicted octanol–water partition coefficient (Wildman–Crippen LogP) is 1.86. The minimum atomic E-state index is 1.08. The van der Waals surface area contributed by atoms with Crippen LogP contribution in [0.2, 0.25) is 0 Å². The van der Waals surface area contributed by atoms with Gasteiger partial charge in [0.25, 0.3) is 0 Å². The van der Waals surface area contributed by atoms with Crippen LogP contribution in [0.15, 0.2) is 17.8 Å². The number of rotatable bonds is 1. The molecule has 0 bridgehead atoms. The Bertz CT molecular complexity index is 277. The quantitative estimate of drug-likeness (QED) is 0.656. The lowest BCUT2D eigenvalue weighted by molar-refractivity contribution is 0.370. The fourth-order valence-electron chi connectivity index (χ4n) is 1.37. The normalized spacial score (nSPS) is 19.2. The van der Waals surface area contributed by atoms with Gasteiger partial charge in [0.05, 0.1) is 5.51 Å². The SMILES string of the molecule is CN1CC=C(c2cncs2)CC1. The van der Waals surface area contributed by atoms with Gasteiger partial charge < -0.3 is 4.90 Å². The summed E-state index contributed by atoms with van der Waals surface area (Å²) in [7, 11) is 2.15. The molecule has 0 radical (unpaired) electrons. The molecule has 0 spiro atoms. The smallest absolute Gasteiger partial charge is 0.0797 e. The first kappa shape index (κ1) is 7.95. The summed E-state index contributed by atoms with van der Waals surface area (Å²) in [5.74, 6) is 0. The first-order chi connectivity index (χ1) is 5.86. The zero-order valence-corrected chi connectivity index (χ0v) is 7.97. The molecule has 0 N–H and O–H groups in total. The summed E-state index contributed by atoms with van der Waals surface area (Å²) in [5, 5.41) is 0. The van der Waals surface area contributed by atoms with Crippen LogP contribution in [0.1, 0.15) is 11.3 Å². The van der Waals surface area contributed by atoms with E-state index in [4.69, 9.17) is 0 Å². The highest BCUT2D eigenvalue weighted by Gasteiger charge is 2.09. The van der Waals surface area contributed by atoms with Gasteiger partial charge in [0.2, 0.25) is 0 Å². The lowest BCUT2D eigenvalue weighted by Gasteiger charge is -2.20. The van der Waals surface area contributed by atoms with Crippen molar-refractivity contribution >= 4 is 16.9 Å². The Morgan fingerprint density at radius 3 is 3.08 bits per heavy atom. The van der Waals surface area contributed by atoms with E-state index in [1.807, 2.05) is 11.7 Å². The van der Waals surface area contributed by atoms with Crippen LogP contribution in [0.25, 0.3) is 5.57 Å². The molecule has 0 fully saturated rings. The maximum Gasteiger partial charge on any atom is 0.0797 e. The summed E-state index contributed by atoms with van der Waals surface area (Å²) in [6, 6.07) is 0. The van der Waals surface area contributed by atoms with Gasteiger partial charge in [-0.15, -0.1) is 11.3 Å². The van der Waals surface area contributed by atoms with Gasteiger partial charge in [-0.25, -0.2) is 0 Å². The summed E-state index contributed by atoms with van der Waals surface area (Å²) in [4.78, 5) is 7.74. The van der Waals surface area contributed by atoms with E-state index in [-0.39, 0.29) is 0 Å². The average molecular weight is 180 g/mol. The summed E-state index contributed by atoms with van der Waals surface area (Å²) < 4.78 is 0. The van der Waals surface area contributed by atoms with Gasteiger partial charge in [-0.2, -0.15) is 0 Å². The van der Waals surface area contributed by atoms with Crippen LogP contribution in [0.4, 0.5) is 0 Å². The van der Waals surface area contributed by atoms with Crippen LogP contribution in [0.3, 0.4) is 0 Å². The van der Waals surface area contributed by atoms with Crippen molar-refractivity contribution in [3.8, 4) is 0 Å². The van der Waals surface area contributed by atoms with E-state index in [1.54, 1.807) is 11.3 Å². The average Bonchev–Trinajstić information content (AvgIpc) is 2.58. The van der Waals surface area contributed by atoms with Crippen molar-refractivity contribution in [3.05, 3.63) is 22.7 Å². The summed E-state index contributed by atoms with van der Waals surface area (Å²) in [5.41, 5.74) is 3.37. The van der Waals surface area contributed by atoms with Crippen LogP contribution in [0.5, 0.6) is 0 Å². The minimum absolute atomic E-state index is 1.08. The molecule has 12 heavy (non-hydrogen) atoms. The number of aromatic nitrogens is 1. The Kier molecular flexibility index (Phi) is 2.23. The Morgan fingerprint density at radius 1 is 1.58 bits per heavy atom. The van der Waals surface area contributed by atoms with Crippen molar-refractivity contribution in [1.29, 1.82) is 0 Å². The largest absolute Gasteiger partial charge is 0.302 e. The van der Waals surface area contributed by atoms with Crippen LogP contribution >= 0.6 is 11.3 Å². The first-order valence-electron chi connectivity index (χ1n) is 4.13. The van der Waals surface area contributed by atoms with E-state index in [1.165, 1.54) is 23.4 Å². The monoisotopic (exact) mass is 180 g/mol. The molecule has 1 aromatic heterocycles. The number of nitrogens with zero attached hydrogens (tertiary/aromatic N) is 2. The van der Waals surface area contributed by atoms with E-state index in [0.717, 1.165) is 6.54 Å². The molecule has 0 atom stereocenters. The molecule has 3 heteroatoms. The molecule has 2 rings (SSSR count). The first-order valence-corrected chi connectivity index (χ1v) is 5.00. The molecule has 0 amide bonds. The molecule has 2 heterocycles. The Labute approximate surface area is 76.5 Å². The van der Waals surface area contributed by atoms with E-state index < -0.39 is 0 Å². The molecular formula is C9H12N2S. The zero-order chi connectivity index (χ0) is 8.39. The van der Waals surface area contributed by atoms with Crippen LogP contribution < -0.4 is 0 Å². The molecular weight excluding hydrogens is 168 g/mol. The maximum absolute atomic E-state index is 4.08. The fraction of sp³-hybridized carbons (Fsp3) is 0.444. The predicted molar refractivity (Wildman–Crippen MR) is 52.2 cm³/mol. The fourth-order valence-corrected chi connectivity index (χ4v) is 2.06. The standard InChI is InChI=1S/C9H12N2S/c1-11-4-2-8(3-5-11)9-6-10-7-12-9/h2,6-7H,3-5H2,1H3. The van der Waals surface area contributed by atoms with Gasteiger partial charge in [-0.3, -0.25) is 4.98 Å². The highest BCUT2D eigenvalue weighted by Crippen LogP contribution is 2.24. The van der Waals surface area contributed by atoms with Crippen LogP contribution in [0, 0.1) is 0 Å².